The van der Waals surface area contributed by atoms with Crippen LogP contribution in [0.25, 0.3) is 0 Å². The van der Waals surface area contributed by atoms with E-state index in [1.54, 1.807) is 6.20 Å². The first-order valence-electron chi connectivity index (χ1n) is 6.00. The number of nitrogens with two attached hydrogens (primary N) is 1. The maximum atomic E-state index is 12.2. The van der Waals surface area contributed by atoms with Crippen LogP contribution < -0.4 is 11.1 Å². The Hall–Kier alpha value is -1.42. The van der Waals surface area contributed by atoms with Crippen LogP contribution in [0.15, 0.2) is 18.3 Å². The zero-order valence-corrected chi connectivity index (χ0v) is 10.4. The van der Waals surface area contributed by atoms with Gasteiger partial charge in [0, 0.05) is 12.7 Å². The third kappa shape index (κ3) is 2.17. The lowest BCUT2D eigenvalue weighted by molar-refractivity contribution is -0.132. The van der Waals surface area contributed by atoms with Crippen LogP contribution >= 0.6 is 0 Å². The molecule has 1 aliphatic carbocycles. The highest BCUT2D eigenvalue weighted by molar-refractivity contribution is 5.95. The first kappa shape index (κ1) is 12.0. The summed E-state index contributed by atoms with van der Waals surface area (Å²) in [4.78, 5) is 16.4. The molecule has 1 aromatic heterocycles. The van der Waals surface area contributed by atoms with Crippen molar-refractivity contribution < 1.29 is 4.79 Å². The third-order valence-electron chi connectivity index (χ3n) is 3.59. The van der Waals surface area contributed by atoms with Gasteiger partial charge in [-0.25, -0.2) is 4.98 Å². The van der Waals surface area contributed by atoms with Crippen molar-refractivity contribution in [2.45, 2.75) is 26.7 Å². The fourth-order valence-electron chi connectivity index (χ4n) is 2.58. The van der Waals surface area contributed by atoms with Crippen LogP contribution in [0.1, 0.15) is 25.3 Å². The molecule has 2 rings (SSSR count). The number of anilines is 1. The van der Waals surface area contributed by atoms with Crippen molar-refractivity contribution in [3.05, 3.63) is 23.9 Å². The summed E-state index contributed by atoms with van der Waals surface area (Å²) >= 11 is 0. The number of aromatic nitrogens is 1. The second-order valence-corrected chi connectivity index (χ2v) is 5.12. The first-order chi connectivity index (χ1) is 8.07. The van der Waals surface area contributed by atoms with E-state index >= 15 is 0 Å². The van der Waals surface area contributed by atoms with Gasteiger partial charge in [-0.1, -0.05) is 13.0 Å². The van der Waals surface area contributed by atoms with E-state index in [1.165, 1.54) is 0 Å². The predicted molar refractivity (Wildman–Crippen MR) is 67.5 cm³/mol. The molecule has 1 heterocycles. The Morgan fingerprint density at radius 1 is 1.65 bits per heavy atom. The minimum absolute atomic E-state index is 0.0138. The second-order valence-electron chi connectivity index (χ2n) is 5.12. The summed E-state index contributed by atoms with van der Waals surface area (Å²) in [5.74, 6) is 1.25. The smallest absolute Gasteiger partial charge is 0.233 e. The summed E-state index contributed by atoms with van der Waals surface area (Å²) in [6, 6.07) is 3.79. The topological polar surface area (TPSA) is 68.0 Å². The molecule has 4 nitrogen and oxygen atoms in total. The molecule has 0 saturated heterocycles. The number of pyridine rings is 1. The number of rotatable bonds is 3. The molecule has 92 valence electrons. The summed E-state index contributed by atoms with van der Waals surface area (Å²) in [5, 5.41) is 2.89. The van der Waals surface area contributed by atoms with Crippen molar-refractivity contribution in [2.75, 3.05) is 11.9 Å². The number of nitrogens with one attached hydrogen (secondary N) is 1. The van der Waals surface area contributed by atoms with Crippen LogP contribution in [0, 0.1) is 18.3 Å². The highest BCUT2D eigenvalue weighted by atomic mass is 16.2. The standard InChI is InChI=1S/C13H19N3O/c1-9-6-13(7-9,8-14)12(17)16-11-10(2)4-3-5-15-11/h3-5,9H,6-8,14H2,1-2H3,(H,15,16,17). The summed E-state index contributed by atoms with van der Waals surface area (Å²) in [6.07, 6.45) is 3.43. The number of carbonyl (C=O) groups excluding carboxylic acids is 1. The number of hydrogen-bond acceptors (Lipinski definition) is 3. The quantitative estimate of drug-likeness (QED) is 0.835. The van der Waals surface area contributed by atoms with Crippen LogP contribution in [0.3, 0.4) is 0 Å². The Balaban J connectivity index is 2.09. The molecular formula is C13H19N3O. The van der Waals surface area contributed by atoms with Gasteiger partial charge in [0.05, 0.1) is 5.41 Å². The number of hydrogen-bond donors (Lipinski definition) is 2. The van der Waals surface area contributed by atoms with Crippen LogP contribution in [0.4, 0.5) is 5.82 Å². The highest BCUT2D eigenvalue weighted by Gasteiger charge is 2.47. The molecule has 0 aliphatic heterocycles. The average Bonchev–Trinajstić information content (AvgIpc) is 2.27. The molecule has 0 atom stereocenters. The maximum Gasteiger partial charge on any atom is 0.233 e. The van der Waals surface area contributed by atoms with Crippen molar-refractivity contribution in [1.29, 1.82) is 0 Å². The molecule has 1 amide bonds. The lowest BCUT2D eigenvalue weighted by atomic mass is 9.62. The van der Waals surface area contributed by atoms with Crippen LogP contribution in [0.2, 0.25) is 0 Å². The molecular weight excluding hydrogens is 214 g/mol. The molecule has 0 radical (unpaired) electrons. The van der Waals surface area contributed by atoms with Gasteiger partial charge in [-0.2, -0.15) is 0 Å². The predicted octanol–water partition coefficient (Wildman–Crippen LogP) is 1.70. The van der Waals surface area contributed by atoms with Gasteiger partial charge in [-0.05, 0) is 37.3 Å². The highest BCUT2D eigenvalue weighted by Crippen LogP contribution is 2.45. The Labute approximate surface area is 102 Å². The van der Waals surface area contributed by atoms with Crippen molar-refractivity contribution in [3.8, 4) is 0 Å². The molecule has 0 spiro atoms. The van der Waals surface area contributed by atoms with Crippen LogP contribution in [-0.4, -0.2) is 17.4 Å². The van der Waals surface area contributed by atoms with E-state index in [1.807, 2.05) is 19.1 Å². The van der Waals surface area contributed by atoms with Gasteiger partial charge in [-0.3, -0.25) is 4.79 Å². The second kappa shape index (κ2) is 4.45. The van der Waals surface area contributed by atoms with E-state index in [9.17, 15) is 4.79 Å². The fraction of sp³-hybridized carbons (Fsp3) is 0.538. The molecule has 17 heavy (non-hydrogen) atoms. The minimum Gasteiger partial charge on any atom is -0.329 e. The van der Waals surface area contributed by atoms with Crippen molar-refractivity contribution in [1.82, 2.24) is 4.98 Å². The molecule has 0 aromatic carbocycles. The van der Waals surface area contributed by atoms with Gasteiger partial charge in [0.25, 0.3) is 0 Å². The number of carbonyl (C=O) groups is 1. The van der Waals surface area contributed by atoms with E-state index in [0.717, 1.165) is 18.4 Å². The van der Waals surface area contributed by atoms with E-state index in [2.05, 4.69) is 17.2 Å². The molecule has 1 saturated carbocycles. The van der Waals surface area contributed by atoms with E-state index in [-0.39, 0.29) is 11.3 Å². The zero-order chi connectivity index (χ0) is 12.5. The van der Waals surface area contributed by atoms with E-state index in [0.29, 0.717) is 18.3 Å². The van der Waals surface area contributed by atoms with Crippen molar-refractivity contribution >= 4 is 11.7 Å². The summed E-state index contributed by atoms with van der Waals surface area (Å²) in [7, 11) is 0. The molecule has 0 bridgehead atoms. The van der Waals surface area contributed by atoms with Gasteiger partial charge in [0.2, 0.25) is 5.91 Å². The normalized spacial score (nSPS) is 27.4. The number of aryl methyl sites for hydroxylation is 1. The first-order valence-corrected chi connectivity index (χ1v) is 6.00. The number of amides is 1. The lowest BCUT2D eigenvalue weighted by Gasteiger charge is -2.44. The Morgan fingerprint density at radius 3 is 2.88 bits per heavy atom. The Morgan fingerprint density at radius 2 is 2.35 bits per heavy atom. The van der Waals surface area contributed by atoms with Crippen LogP contribution in [0.5, 0.6) is 0 Å². The molecule has 1 fully saturated rings. The van der Waals surface area contributed by atoms with E-state index < -0.39 is 0 Å². The van der Waals surface area contributed by atoms with Crippen LogP contribution in [-0.2, 0) is 4.79 Å². The summed E-state index contributed by atoms with van der Waals surface area (Å²) < 4.78 is 0. The Bertz CT molecular complexity index is 424. The van der Waals surface area contributed by atoms with E-state index in [4.69, 9.17) is 5.73 Å². The summed E-state index contributed by atoms with van der Waals surface area (Å²) in [6.45, 7) is 4.49. The lowest BCUT2D eigenvalue weighted by Crippen LogP contribution is -2.51. The molecule has 1 aliphatic rings. The number of nitrogens with zero attached hydrogens (tertiary/aromatic N) is 1. The summed E-state index contributed by atoms with van der Waals surface area (Å²) in [5.41, 5.74) is 6.34. The van der Waals surface area contributed by atoms with Crippen molar-refractivity contribution in [3.63, 3.8) is 0 Å². The zero-order valence-electron chi connectivity index (χ0n) is 10.4. The largest absolute Gasteiger partial charge is 0.329 e. The molecule has 4 heteroatoms. The fourth-order valence-corrected chi connectivity index (χ4v) is 2.58. The molecule has 0 unspecified atom stereocenters. The van der Waals surface area contributed by atoms with Gasteiger partial charge in [-0.15, -0.1) is 0 Å². The van der Waals surface area contributed by atoms with Gasteiger partial charge in [0.15, 0.2) is 0 Å². The SMILES string of the molecule is Cc1cccnc1NC(=O)C1(CN)CC(C)C1. The Kier molecular flexibility index (Phi) is 3.15. The van der Waals surface area contributed by atoms with Gasteiger partial charge in [0.1, 0.15) is 5.82 Å². The average molecular weight is 233 g/mol. The minimum atomic E-state index is -0.372. The third-order valence-corrected chi connectivity index (χ3v) is 3.59. The molecule has 1 aromatic rings. The molecule has 3 N–H and O–H groups in total. The van der Waals surface area contributed by atoms with Gasteiger partial charge < -0.3 is 11.1 Å². The van der Waals surface area contributed by atoms with Gasteiger partial charge >= 0.3 is 0 Å². The van der Waals surface area contributed by atoms with Crippen molar-refractivity contribution in [2.24, 2.45) is 17.1 Å². The maximum absolute atomic E-state index is 12.2. The monoisotopic (exact) mass is 233 g/mol.